The molecule has 5 rings (SSSR count). The number of hydrogen-bond donors (Lipinski definition) is 0. The highest BCUT2D eigenvalue weighted by atomic mass is 32.1. The van der Waals surface area contributed by atoms with Crippen LogP contribution < -0.4 is 4.90 Å². The summed E-state index contributed by atoms with van der Waals surface area (Å²) in [5, 5.41) is 3.24. The first kappa shape index (κ1) is 15.8. The van der Waals surface area contributed by atoms with Gasteiger partial charge in [0.2, 0.25) is 0 Å². The summed E-state index contributed by atoms with van der Waals surface area (Å²) in [6.45, 7) is 5.90. The molecule has 0 bridgehead atoms. The van der Waals surface area contributed by atoms with Crippen LogP contribution in [0.4, 0.5) is 5.82 Å². The van der Waals surface area contributed by atoms with E-state index in [-0.39, 0.29) is 0 Å². The van der Waals surface area contributed by atoms with Crippen molar-refractivity contribution in [3.8, 4) is 10.4 Å². The second-order valence-corrected chi connectivity index (χ2v) is 8.65. The van der Waals surface area contributed by atoms with Gasteiger partial charge in [0.15, 0.2) is 0 Å². The Morgan fingerprint density at radius 2 is 2.00 bits per heavy atom. The number of nitrogens with zero attached hydrogens (tertiary/aromatic N) is 5. The smallest absolute Gasteiger partial charge is 0.150 e. The van der Waals surface area contributed by atoms with Gasteiger partial charge in [0.05, 0.1) is 20.1 Å². The summed E-state index contributed by atoms with van der Waals surface area (Å²) in [4.78, 5) is 21.7. The van der Waals surface area contributed by atoms with Crippen LogP contribution in [0.5, 0.6) is 0 Å². The Hall–Kier alpha value is -2.38. The third-order valence-corrected chi connectivity index (χ3v) is 6.80. The fourth-order valence-electron chi connectivity index (χ4n) is 3.42. The summed E-state index contributed by atoms with van der Waals surface area (Å²) in [6, 6.07) is 2.26. The first-order valence-corrected chi connectivity index (χ1v) is 10.2. The van der Waals surface area contributed by atoms with E-state index in [1.54, 1.807) is 29.0 Å². The fourth-order valence-corrected chi connectivity index (χ4v) is 5.20. The molecule has 5 heterocycles. The largest absolute Gasteiger partial charge is 0.351 e. The minimum atomic E-state index is 0.830. The van der Waals surface area contributed by atoms with Crippen molar-refractivity contribution >= 4 is 38.7 Å². The van der Waals surface area contributed by atoms with Crippen molar-refractivity contribution in [1.82, 2.24) is 19.9 Å². The van der Waals surface area contributed by atoms with Crippen LogP contribution in [0, 0.1) is 13.8 Å². The van der Waals surface area contributed by atoms with Crippen molar-refractivity contribution < 1.29 is 0 Å². The number of pyridine rings is 1. The topological polar surface area (TPSA) is 54.8 Å². The summed E-state index contributed by atoms with van der Waals surface area (Å²) in [6.07, 6.45) is 6.54. The van der Waals surface area contributed by atoms with E-state index in [4.69, 9.17) is 4.98 Å². The molecule has 0 unspecified atom stereocenters. The van der Waals surface area contributed by atoms with Crippen LogP contribution in [-0.2, 0) is 13.0 Å². The molecule has 0 saturated carbocycles. The van der Waals surface area contributed by atoms with E-state index in [1.807, 2.05) is 19.3 Å². The van der Waals surface area contributed by atoms with E-state index >= 15 is 0 Å². The van der Waals surface area contributed by atoms with Gasteiger partial charge in [-0.2, -0.15) is 0 Å². The minimum Gasteiger partial charge on any atom is -0.351 e. The molecule has 1 aliphatic heterocycles. The Bertz CT molecular complexity index is 1110. The first-order valence-electron chi connectivity index (χ1n) is 8.53. The lowest BCUT2D eigenvalue weighted by Crippen LogP contribution is -2.31. The number of aryl methyl sites for hydroxylation is 2. The van der Waals surface area contributed by atoms with Gasteiger partial charge in [-0.25, -0.2) is 15.0 Å². The second-order valence-electron chi connectivity index (χ2n) is 6.54. The molecule has 0 aliphatic carbocycles. The van der Waals surface area contributed by atoms with Crippen LogP contribution in [0.2, 0.25) is 0 Å². The zero-order chi connectivity index (χ0) is 17.7. The first-order chi connectivity index (χ1) is 12.7. The van der Waals surface area contributed by atoms with E-state index in [0.717, 1.165) is 41.4 Å². The van der Waals surface area contributed by atoms with Crippen molar-refractivity contribution in [2.24, 2.45) is 0 Å². The quantitative estimate of drug-likeness (QED) is 0.517. The molecular weight excluding hydrogens is 362 g/mol. The highest BCUT2D eigenvalue weighted by molar-refractivity contribution is 7.18. The molecule has 7 heteroatoms. The molecule has 0 amide bonds. The van der Waals surface area contributed by atoms with Crippen LogP contribution in [0.25, 0.3) is 20.7 Å². The standard InChI is InChI=1S/C19H17N5S2/c1-11-9-25-18-17(11)22-10-23-19(18)24-4-3-15-14(8-24)5-13(6-21-15)16-7-20-12(2)26-16/h5-7,9-10H,3-4,8H2,1-2H3. The highest BCUT2D eigenvalue weighted by Crippen LogP contribution is 2.34. The molecule has 0 N–H and O–H groups in total. The van der Waals surface area contributed by atoms with Crippen molar-refractivity contribution in [2.75, 3.05) is 11.4 Å². The van der Waals surface area contributed by atoms with E-state index in [2.05, 4.69) is 38.2 Å². The lowest BCUT2D eigenvalue weighted by atomic mass is 10.0. The van der Waals surface area contributed by atoms with Gasteiger partial charge in [-0.15, -0.1) is 22.7 Å². The van der Waals surface area contributed by atoms with Crippen LogP contribution in [0.1, 0.15) is 21.8 Å². The van der Waals surface area contributed by atoms with E-state index in [1.165, 1.54) is 26.4 Å². The maximum Gasteiger partial charge on any atom is 0.150 e. The number of hydrogen-bond acceptors (Lipinski definition) is 7. The van der Waals surface area contributed by atoms with Gasteiger partial charge >= 0.3 is 0 Å². The van der Waals surface area contributed by atoms with Crippen LogP contribution in [-0.4, -0.2) is 26.5 Å². The number of thiophene rings is 1. The summed E-state index contributed by atoms with van der Waals surface area (Å²) < 4.78 is 1.18. The summed E-state index contributed by atoms with van der Waals surface area (Å²) in [5.41, 5.74) is 5.91. The van der Waals surface area contributed by atoms with Crippen LogP contribution >= 0.6 is 22.7 Å². The van der Waals surface area contributed by atoms with E-state index in [0.29, 0.717) is 0 Å². The maximum atomic E-state index is 4.72. The molecule has 1 aliphatic rings. The highest BCUT2D eigenvalue weighted by Gasteiger charge is 2.22. The predicted octanol–water partition coefficient (Wildman–Crippen LogP) is 4.39. The summed E-state index contributed by atoms with van der Waals surface area (Å²) >= 11 is 3.44. The van der Waals surface area contributed by atoms with Crippen molar-refractivity contribution in [3.05, 3.63) is 52.0 Å². The van der Waals surface area contributed by atoms with E-state index < -0.39 is 0 Å². The molecule has 4 aromatic heterocycles. The normalized spacial score (nSPS) is 14.0. The maximum absolute atomic E-state index is 4.72. The molecule has 0 saturated heterocycles. The minimum absolute atomic E-state index is 0.830. The predicted molar refractivity (Wildman–Crippen MR) is 107 cm³/mol. The molecule has 0 aromatic carbocycles. The molecule has 4 aromatic rings. The molecule has 5 nitrogen and oxygen atoms in total. The molecule has 130 valence electrons. The SMILES string of the molecule is Cc1ncc(-c2cnc3c(c2)CN(c2ncnc4c(C)csc24)CC3)s1. The van der Waals surface area contributed by atoms with Gasteiger partial charge in [-0.05, 0) is 36.4 Å². The van der Waals surface area contributed by atoms with Gasteiger partial charge in [-0.1, -0.05) is 0 Å². The number of thiazole rings is 1. The van der Waals surface area contributed by atoms with Gasteiger partial charge < -0.3 is 4.90 Å². The van der Waals surface area contributed by atoms with Gasteiger partial charge in [0, 0.05) is 43.2 Å². The average Bonchev–Trinajstić information content (AvgIpc) is 3.27. The van der Waals surface area contributed by atoms with Gasteiger partial charge in [0.1, 0.15) is 12.1 Å². The molecule has 0 radical (unpaired) electrons. The molecule has 0 spiro atoms. The molecular formula is C19H17N5S2. The Kier molecular flexibility index (Phi) is 3.72. The Morgan fingerprint density at radius 1 is 1.08 bits per heavy atom. The van der Waals surface area contributed by atoms with Gasteiger partial charge in [0.25, 0.3) is 0 Å². The summed E-state index contributed by atoms with van der Waals surface area (Å²) in [7, 11) is 0. The Labute approximate surface area is 159 Å². The number of anilines is 1. The third kappa shape index (κ3) is 2.59. The zero-order valence-corrected chi connectivity index (χ0v) is 16.2. The second kappa shape index (κ2) is 6.10. The number of aromatic nitrogens is 4. The average molecular weight is 380 g/mol. The van der Waals surface area contributed by atoms with Crippen LogP contribution in [0.3, 0.4) is 0 Å². The summed E-state index contributed by atoms with van der Waals surface area (Å²) in [5.74, 6) is 1.04. The third-order valence-electron chi connectivity index (χ3n) is 4.76. The molecule has 0 atom stereocenters. The van der Waals surface area contributed by atoms with Crippen molar-refractivity contribution in [3.63, 3.8) is 0 Å². The monoisotopic (exact) mass is 379 g/mol. The number of rotatable bonds is 2. The lowest BCUT2D eigenvalue weighted by Gasteiger charge is -2.29. The Morgan fingerprint density at radius 3 is 2.85 bits per heavy atom. The fraction of sp³-hybridized carbons (Fsp3) is 0.263. The van der Waals surface area contributed by atoms with Crippen molar-refractivity contribution in [2.45, 2.75) is 26.8 Å². The lowest BCUT2D eigenvalue weighted by molar-refractivity contribution is 0.706. The molecule has 26 heavy (non-hydrogen) atoms. The Balaban J connectivity index is 1.52. The number of fused-ring (bicyclic) bond motifs is 2. The van der Waals surface area contributed by atoms with Crippen molar-refractivity contribution in [1.29, 1.82) is 0 Å². The van der Waals surface area contributed by atoms with Crippen LogP contribution in [0.15, 0.2) is 30.2 Å². The molecule has 0 fully saturated rings. The van der Waals surface area contributed by atoms with E-state index in [9.17, 15) is 0 Å². The zero-order valence-electron chi connectivity index (χ0n) is 14.6. The van der Waals surface area contributed by atoms with Gasteiger partial charge in [-0.3, -0.25) is 4.98 Å².